The summed E-state index contributed by atoms with van der Waals surface area (Å²) >= 11 is 1.75. The van der Waals surface area contributed by atoms with Crippen LogP contribution in [0.2, 0.25) is 0 Å². The number of aromatic nitrogens is 3. The van der Waals surface area contributed by atoms with Gasteiger partial charge < -0.3 is 19.3 Å². The zero-order valence-corrected chi connectivity index (χ0v) is 18.8. The first-order valence-electron chi connectivity index (χ1n) is 10.3. The van der Waals surface area contributed by atoms with Crippen molar-refractivity contribution in [2.75, 3.05) is 26.0 Å². The second-order valence-corrected chi connectivity index (χ2v) is 9.74. The van der Waals surface area contributed by atoms with Gasteiger partial charge in [-0.25, -0.2) is 14.3 Å². The number of fused-ring (bicyclic) bond motifs is 1. The average molecular weight is 432 g/mol. The standard InChI is InChI=1S/C21H29N5O3S/c1-21(2,3)29-20(27)25-10-5-6-15(8-11-25)28-19-17-7-9-22-26(17)12-16(23-19)18-13-24(4)14-30-18/h7,9,12-13,15H,5-6,8,10-11,14H2,1-4H3/t15-/m1/s1. The van der Waals surface area contributed by atoms with Gasteiger partial charge in [-0.2, -0.15) is 5.10 Å². The zero-order chi connectivity index (χ0) is 21.3. The lowest BCUT2D eigenvalue weighted by Crippen LogP contribution is -2.37. The van der Waals surface area contributed by atoms with E-state index in [4.69, 9.17) is 14.5 Å². The zero-order valence-electron chi connectivity index (χ0n) is 18.0. The van der Waals surface area contributed by atoms with Gasteiger partial charge in [-0.3, -0.25) is 0 Å². The summed E-state index contributed by atoms with van der Waals surface area (Å²) in [5.41, 5.74) is 1.22. The molecule has 162 valence electrons. The number of hydrogen-bond acceptors (Lipinski definition) is 7. The third-order valence-corrected chi connectivity index (χ3v) is 6.14. The molecule has 0 bridgehead atoms. The Morgan fingerprint density at radius 1 is 1.27 bits per heavy atom. The minimum Gasteiger partial charge on any atom is -0.473 e. The van der Waals surface area contributed by atoms with Gasteiger partial charge in [0.2, 0.25) is 5.88 Å². The minimum atomic E-state index is -0.488. The van der Waals surface area contributed by atoms with Crippen LogP contribution in [0.3, 0.4) is 0 Å². The first kappa shape index (κ1) is 20.8. The topological polar surface area (TPSA) is 72.2 Å². The summed E-state index contributed by atoms with van der Waals surface area (Å²) in [5.74, 6) is 1.50. The molecule has 1 amide bonds. The second-order valence-electron chi connectivity index (χ2n) is 8.75. The van der Waals surface area contributed by atoms with E-state index < -0.39 is 5.60 Å². The van der Waals surface area contributed by atoms with Crippen LogP contribution in [-0.4, -0.2) is 68.2 Å². The van der Waals surface area contributed by atoms with Crippen LogP contribution in [0.4, 0.5) is 4.79 Å². The number of ether oxygens (including phenoxy) is 2. The van der Waals surface area contributed by atoms with E-state index in [9.17, 15) is 4.79 Å². The molecule has 4 rings (SSSR count). The predicted molar refractivity (Wildman–Crippen MR) is 117 cm³/mol. The molecule has 2 aromatic heterocycles. The molecule has 4 heterocycles. The SMILES string of the molecule is CN1C=C(c2cn3nccc3c(O[C@@H]3CCCN(C(=O)OC(C)(C)C)CC3)n2)SC1. The molecule has 0 unspecified atom stereocenters. The molecule has 0 saturated carbocycles. The van der Waals surface area contributed by atoms with Crippen molar-refractivity contribution >= 4 is 28.3 Å². The van der Waals surface area contributed by atoms with Gasteiger partial charge in [0.05, 0.1) is 23.2 Å². The van der Waals surface area contributed by atoms with Crippen LogP contribution in [0.15, 0.2) is 24.7 Å². The van der Waals surface area contributed by atoms with Crippen LogP contribution in [0.5, 0.6) is 5.88 Å². The molecule has 8 nitrogen and oxygen atoms in total. The van der Waals surface area contributed by atoms with Crippen LogP contribution < -0.4 is 4.74 Å². The minimum absolute atomic E-state index is 0.00762. The molecule has 1 fully saturated rings. The lowest BCUT2D eigenvalue weighted by molar-refractivity contribution is 0.0252. The van der Waals surface area contributed by atoms with Crippen LogP contribution in [0.1, 0.15) is 45.7 Å². The fourth-order valence-electron chi connectivity index (χ4n) is 3.54. The van der Waals surface area contributed by atoms with E-state index in [0.29, 0.717) is 19.0 Å². The van der Waals surface area contributed by atoms with Gasteiger partial charge in [-0.05, 0) is 39.7 Å². The number of amides is 1. The van der Waals surface area contributed by atoms with Crippen LogP contribution >= 0.6 is 11.8 Å². The lowest BCUT2D eigenvalue weighted by atomic mass is 10.1. The van der Waals surface area contributed by atoms with E-state index in [1.54, 1.807) is 22.9 Å². The molecule has 0 radical (unpaired) electrons. The Kier molecular flexibility index (Phi) is 5.81. The average Bonchev–Trinajstić information content (AvgIpc) is 3.25. The molecule has 1 saturated heterocycles. The van der Waals surface area contributed by atoms with E-state index in [2.05, 4.69) is 16.2 Å². The molecule has 0 aliphatic carbocycles. The number of rotatable bonds is 3. The molecular formula is C21H29N5O3S. The van der Waals surface area contributed by atoms with Crippen LogP contribution in [0, 0.1) is 0 Å². The summed E-state index contributed by atoms with van der Waals surface area (Å²) in [7, 11) is 2.05. The number of carbonyl (C=O) groups excluding carboxylic acids is 1. The van der Waals surface area contributed by atoms with Gasteiger partial charge in [-0.15, -0.1) is 11.8 Å². The smallest absolute Gasteiger partial charge is 0.410 e. The van der Waals surface area contributed by atoms with Gasteiger partial charge >= 0.3 is 6.09 Å². The highest BCUT2D eigenvalue weighted by molar-refractivity contribution is 8.08. The first-order chi connectivity index (χ1) is 14.3. The van der Waals surface area contributed by atoms with Crippen LogP contribution in [0.25, 0.3) is 10.4 Å². The van der Waals surface area contributed by atoms with Crippen molar-refractivity contribution in [3.8, 4) is 5.88 Å². The summed E-state index contributed by atoms with van der Waals surface area (Å²) in [5, 5.41) is 4.39. The van der Waals surface area contributed by atoms with Crippen molar-refractivity contribution < 1.29 is 14.3 Å². The van der Waals surface area contributed by atoms with Gasteiger partial charge in [0.1, 0.15) is 22.9 Å². The molecule has 1 atom stereocenters. The summed E-state index contributed by atoms with van der Waals surface area (Å²) in [4.78, 5) is 22.2. The van der Waals surface area contributed by atoms with Crippen LogP contribution in [-0.2, 0) is 4.74 Å². The summed E-state index contributed by atoms with van der Waals surface area (Å²) in [6.45, 7) is 6.96. The van der Waals surface area contributed by atoms with Crippen molar-refractivity contribution in [1.82, 2.24) is 24.4 Å². The Balaban J connectivity index is 1.48. The largest absolute Gasteiger partial charge is 0.473 e. The number of nitrogens with zero attached hydrogens (tertiary/aromatic N) is 5. The third kappa shape index (κ3) is 4.83. The number of thioether (sulfide) groups is 1. The van der Waals surface area contributed by atoms with E-state index >= 15 is 0 Å². The van der Waals surface area contributed by atoms with Gasteiger partial charge in [-0.1, -0.05) is 0 Å². The molecule has 2 aliphatic heterocycles. The molecule has 0 spiro atoms. The van der Waals surface area contributed by atoms with Crippen molar-refractivity contribution in [1.29, 1.82) is 0 Å². The fourth-order valence-corrected chi connectivity index (χ4v) is 4.46. The summed E-state index contributed by atoms with van der Waals surface area (Å²) in [6.07, 6.45) is 8.01. The van der Waals surface area contributed by atoms with Crippen molar-refractivity contribution in [3.05, 3.63) is 30.4 Å². The predicted octanol–water partition coefficient (Wildman–Crippen LogP) is 3.83. The number of carbonyl (C=O) groups is 1. The van der Waals surface area contributed by atoms with Gasteiger partial charge in [0.25, 0.3) is 0 Å². The second kappa shape index (κ2) is 8.37. The van der Waals surface area contributed by atoms with E-state index in [1.165, 1.54) is 0 Å². The maximum absolute atomic E-state index is 12.4. The van der Waals surface area contributed by atoms with Gasteiger partial charge in [0, 0.05) is 32.8 Å². The molecule has 0 aromatic carbocycles. The molecular weight excluding hydrogens is 402 g/mol. The van der Waals surface area contributed by atoms with Crippen molar-refractivity contribution in [2.45, 2.75) is 51.7 Å². The third-order valence-electron chi connectivity index (χ3n) is 4.97. The highest BCUT2D eigenvalue weighted by Crippen LogP contribution is 2.34. The Morgan fingerprint density at radius 2 is 2.10 bits per heavy atom. The Hall–Kier alpha value is -2.42. The molecule has 0 N–H and O–H groups in total. The van der Waals surface area contributed by atoms with E-state index in [0.717, 1.165) is 41.3 Å². The van der Waals surface area contributed by atoms with Crippen molar-refractivity contribution in [3.63, 3.8) is 0 Å². The monoisotopic (exact) mass is 431 g/mol. The molecule has 30 heavy (non-hydrogen) atoms. The van der Waals surface area contributed by atoms with Gasteiger partial charge in [0.15, 0.2) is 0 Å². The number of likely N-dealkylation sites (tertiary alicyclic amines) is 1. The normalized spacial score (nSPS) is 20.3. The molecule has 2 aromatic rings. The Morgan fingerprint density at radius 3 is 2.83 bits per heavy atom. The molecule has 2 aliphatic rings. The Bertz CT molecular complexity index is 952. The highest BCUT2D eigenvalue weighted by Gasteiger charge is 2.27. The molecule has 9 heteroatoms. The summed E-state index contributed by atoms with van der Waals surface area (Å²) in [6, 6.07) is 1.91. The lowest BCUT2D eigenvalue weighted by Gasteiger charge is -2.26. The first-order valence-corrected chi connectivity index (χ1v) is 11.3. The maximum atomic E-state index is 12.4. The van der Waals surface area contributed by atoms with E-state index in [1.807, 2.05) is 44.6 Å². The Labute approximate surface area is 181 Å². The fraction of sp³-hybridized carbons (Fsp3) is 0.571. The quantitative estimate of drug-likeness (QED) is 0.731. The number of hydrogen-bond donors (Lipinski definition) is 0. The summed E-state index contributed by atoms with van der Waals surface area (Å²) < 4.78 is 13.7. The maximum Gasteiger partial charge on any atom is 0.410 e. The van der Waals surface area contributed by atoms with E-state index in [-0.39, 0.29) is 12.2 Å². The highest BCUT2D eigenvalue weighted by atomic mass is 32.2. The van der Waals surface area contributed by atoms with Crippen molar-refractivity contribution in [2.24, 2.45) is 0 Å².